The fraction of sp³-hybridized carbons (Fsp3) is 0.577. The summed E-state index contributed by atoms with van der Waals surface area (Å²) in [5.74, 6) is 2.58. The molecule has 1 aliphatic heterocycles. The van der Waals surface area contributed by atoms with Gasteiger partial charge in [-0.2, -0.15) is 0 Å². The summed E-state index contributed by atoms with van der Waals surface area (Å²) < 4.78 is 0. The van der Waals surface area contributed by atoms with E-state index in [4.69, 9.17) is 15.0 Å². The van der Waals surface area contributed by atoms with Gasteiger partial charge in [0.25, 0.3) is 0 Å². The second kappa shape index (κ2) is 9.99. The Labute approximate surface area is 192 Å². The van der Waals surface area contributed by atoms with Gasteiger partial charge < -0.3 is 14.8 Å². The van der Waals surface area contributed by atoms with E-state index in [1.54, 1.807) is 0 Å². The number of aryl methyl sites for hydroxylation is 3. The van der Waals surface area contributed by atoms with Crippen LogP contribution < -0.4 is 4.90 Å². The van der Waals surface area contributed by atoms with E-state index in [1.807, 2.05) is 6.20 Å². The smallest absolute Gasteiger partial charge is 0.225 e. The summed E-state index contributed by atoms with van der Waals surface area (Å²) in [6.45, 7) is 13.1. The molecule has 0 aliphatic carbocycles. The quantitative estimate of drug-likeness (QED) is 0.531. The molecule has 3 heterocycles. The van der Waals surface area contributed by atoms with Crippen LogP contribution in [0.25, 0.3) is 22.4 Å². The fourth-order valence-corrected chi connectivity index (χ4v) is 4.79. The second-order valence-corrected chi connectivity index (χ2v) is 9.34. The fourth-order valence-electron chi connectivity index (χ4n) is 4.79. The maximum absolute atomic E-state index is 4.97. The predicted octanol–water partition coefficient (Wildman–Crippen LogP) is 5.15. The summed E-state index contributed by atoms with van der Waals surface area (Å²) in [5.41, 5.74) is 6.65. The van der Waals surface area contributed by atoms with Gasteiger partial charge in [0.05, 0.1) is 22.3 Å². The average Bonchev–Trinajstić information content (AvgIpc) is 3.25. The van der Waals surface area contributed by atoms with Gasteiger partial charge in [-0.15, -0.1) is 0 Å². The number of hydrogen-bond donors (Lipinski definition) is 1. The Balaban J connectivity index is 1.49. The van der Waals surface area contributed by atoms with Gasteiger partial charge >= 0.3 is 0 Å². The van der Waals surface area contributed by atoms with Crippen molar-refractivity contribution in [3.8, 4) is 11.4 Å². The molecular formula is C26H38N6. The molecule has 1 aliphatic rings. The van der Waals surface area contributed by atoms with Crippen molar-refractivity contribution < 1.29 is 0 Å². The molecule has 6 nitrogen and oxygen atoms in total. The van der Waals surface area contributed by atoms with E-state index in [1.165, 1.54) is 49.9 Å². The van der Waals surface area contributed by atoms with Crippen molar-refractivity contribution in [2.45, 2.75) is 59.8 Å². The minimum atomic E-state index is 0.847. The van der Waals surface area contributed by atoms with Gasteiger partial charge in [0.2, 0.25) is 5.95 Å². The third-order valence-corrected chi connectivity index (χ3v) is 7.17. The van der Waals surface area contributed by atoms with Crippen LogP contribution in [0.2, 0.25) is 0 Å². The number of rotatable bonds is 8. The highest BCUT2D eigenvalue weighted by Crippen LogP contribution is 2.27. The summed E-state index contributed by atoms with van der Waals surface area (Å²) in [4.78, 5) is 22.9. The van der Waals surface area contributed by atoms with E-state index in [2.05, 4.69) is 61.7 Å². The van der Waals surface area contributed by atoms with Crippen molar-refractivity contribution in [2.24, 2.45) is 5.92 Å². The molecular weight excluding hydrogens is 396 g/mol. The molecule has 0 bridgehead atoms. The molecule has 1 fully saturated rings. The second-order valence-electron chi connectivity index (χ2n) is 9.34. The van der Waals surface area contributed by atoms with E-state index in [0.717, 1.165) is 59.5 Å². The number of H-pyrrole nitrogens is 1. The van der Waals surface area contributed by atoms with E-state index in [9.17, 15) is 0 Å². The normalized spacial score (nSPS) is 15.5. The lowest BCUT2D eigenvalue weighted by Crippen LogP contribution is -2.31. The van der Waals surface area contributed by atoms with Crippen LogP contribution >= 0.6 is 0 Å². The summed E-state index contributed by atoms with van der Waals surface area (Å²) in [6, 6.07) is 4.25. The minimum absolute atomic E-state index is 0.847. The number of piperidine rings is 1. The number of nitrogens with zero attached hydrogens (tertiary/aromatic N) is 5. The molecule has 1 saturated heterocycles. The zero-order valence-electron chi connectivity index (χ0n) is 20.4. The molecule has 0 unspecified atom stereocenters. The Bertz CT molecular complexity index is 1050. The molecule has 6 heteroatoms. The largest absolute Gasteiger partial charge is 0.341 e. The van der Waals surface area contributed by atoms with Crippen LogP contribution in [0, 0.1) is 19.8 Å². The highest BCUT2D eigenvalue weighted by molar-refractivity contribution is 5.83. The Kier molecular flexibility index (Phi) is 7.09. The van der Waals surface area contributed by atoms with Crippen molar-refractivity contribution >= 4 is 17.0 Å². The number of benzene rings is 1. The lowest BCUT2D eigenvalue weighted by atomic mass is 9.92. The average molecular weight is 435 g/mol. The van der Waals surface area contributed by atoms with Crippen LogP contribution in [-0.4, -0.2) is 58.1 Å². The number of anilines is 1. The minimum Gasteiger partial charge on any atom is -0.341 e. The van der Waals surface area contributed by atoms with Gasteiger partial charge in [0, 0.05) is 19.3 Å². The third kappa shape index (κ3) is 4.80. The zero-order chi connectivity index (χ0) is 22.7. The molecule has 0 atom stereocenters. The Morgan fingerprint density at radius 2 is 1.91 bits per heavy atom. The van der Waals surface area contributed by atoms with Crippen LogP contribution in [-0.2, 0) is 6.42 Å². The summed E-state index contributed by atoms with van der Waals surface area (Å²) in [6.07, 6.45) is 8.00. The van der Waals surface area contributed by atoms with Crippen molar-refractivity contribution in [2.75, 3.05) is 38.1 Å². The van der Waals surface area contributed by atoms with Gasteiger partial charge in [0.15, 0.2) is 0 Å². The van der Waals surface area contributed by atoms with Gasteiger partial charge in [-0.25, -0.2) is 15.0 Å². The number of likely N-dealkylation sites (tertiary alicyclic amines) is 1. The maximum Gasteiger partial charge on any atom is 0.225 e. The first-order valence-electron chi connectivity index (χ1n) is 12.3. The predicted molar refractivity (Wildman–Crippen MR) is 133 cm³/mol. The molecule has 32 heavy (non-hydrogen) atoms. The van der Waals surface area contributed by atoms with Crippen LogP contribution in [0.5, 0.6) is 0 Å². The topological polar surface area (TPSA) is 60.9 Å². The van der Waals surface area contributed by atoms with Crippen molar-refractivity contribution in [3.63, 3.8) is 0 Å². The summed E-state index contributed by atoms with van der Waals surface area (Å²) in [7, 11) is 2.23. The van der Waals surface area contributed by atoms with E-state index >= 15 is 0 Å². The zero-order valence-corrected chi connectivity index (χ0v) is 20.4. The number of aromatic nitrogens is 4. The van der Waals surface area contributed by atoms with Crippen LogP contribution in [0.4, 0.5) is 5.95 Å². The first-order chi connectivity index (χ1) is 15.5. The first-order valence-corrected chi connectivity index (χ1v) is 12.3. The summed E-state index contributed by atoms with van der Waals surface area (Å²) >= 11 is 0. The number of nitrogens with one attached hydrogen (secondary N) is 1. The molecule has 1 aromatic carbocycles. The molecule has 2 aromatic heterocycles. The molecule has 0 saturated carbocycles. The summed E-state index contributed by atoms with van der Waals surface area (Å²) in [5, 5.41) is 0. The highest BCUT2D eigenvalue weighted by Gasteiger charge is 2.18. The van der Waals surface area contributed by atoms with E-state index in [0.29, 0.717) is 0 Å². The SMILES string of the molecule is CCc1nc(N(CC)CCCC2CCN(C)CC2)ncc1-c1nc2c(C)c(C)ccc2[nH]1. The van der Waals surface area contributed by atoms with Crippen molar-refractivity contribution in [1.82, 2.24) is 24.8 Å². The maximum atomic E-state index is 4.97. The highest BCUT2D eigenvalue weighted by atomic mass is 15.2. The standard InChI is InChI=1S/C26H38N6/c1-6-22-21(25-28-23-11-10-18(3)19(4)24(23)30-25)17-27-26(29-22)32(7-2)14-8-9-20-12-15-31(5)16-13-20/h10-11,17,20H,6-9,12-16H2,1-5H3,(H,28,30). The molecule has 1 N–H and O–H groups in total. The van der Waals surface area contributed by atoms with Crippen LogP contribution in [0.3, 0.4) is 0 Å². The molecule has 4 rings (SSSR count). The Morgan fingerprint density at radius 3 is 2.62 bits per heavy atom. The van der Waals surface area contributed by atoms with Crippen molar-refractivity contribution in [3.05, 3.63) is 35.2 Å². The van der Waals surface area contributed by atoms with Gasteiger partial charge in [-0.3, -0.25) is 0 Å². The number of fused-ring (bicyclic) bond motifs is 1. The Morgan fingerprint density at radius 1 is 1.12 bits per heavy atom. The van der Waals surface area contributed by atoms with E-state index in [-0.39, 0.29) is 0 Å². The third-order valence-electron chi connectivity index (χ3n) is 7.17. The monoisotopic (exact) mass is 434 g/mol. The lowest BCUT2D eigenvalue weighted by Gasteiger charge is -2.29. The lowest BCUT2D eigenvalue weighted by molar-refractivity contribution is 0.210. The molecule has 0 radical (unpaired) electrons. The Hall–Kier alpha value is -2.47. The number of aromatic amines is 1. The molecule has 3 aromatic rings. The number of hydrogen-bond acceptors (Lipinski definition) is 5. The van der Waals surface area contributed by atoms with Crippen molar-refractivity contribution in [1.29, 1.82) is 0 Å². The molecule has 172 valence electrons. The van der Waals surface area contributed by atoms with Gasteiger partial charge in [-0.1, -0.05) is 13.0 Å². The van der Waals surface area contributed by atoms with Gasteiger partial charge in [-0.05, 0) is 96.1 Å². The van der Waals surface area contributed by atoms with E-state index < -0.39 is 0 Å². The molecule has 0 amide bonds. The van der Waals surface area contributed by atoms with Gasteiger partial charge in [0.1, 0.15) is 5.82 Å². The number of imidazole rings is 1. The van der Waals surface area contributed by atoms with Crippen LogP contribution in [0.15, 0.2) is 18.3 Å². The first kappa shape index (κ1) is 22.7. The molecule has 0 spiro atoms. The van der Waals surface area contributed by atoms with Crippen LogP contribution in [0.1, 0.15) is 56.4 Å².